The number of piperidine rings is 1. The van der Waals surface area contributed by atoms with Crippen LogP contribution in [0.5, 0.6) is 0 Å². The standard InChI is InChI=1S/C14H26N2O3/c1-9(2)15(5)6-7-16-11(4)13(14(18)19)10(3)8-12(16)17/h9-11,13H,6-8H2,1-5H3,(H,18,19). The predicted molar refractivity (Wildman–Crippen MR) is 73.8 cm³/mol. The summed E-state index contributed by atoms with van der Waals surface area (Å²) >= 11 is 0. The molecule has 1 saturated heterocycles. The highest BCUT2D eigenvalue weighted by Gasteiger charge is 2.41. The molecular weight excluding hydrogens is 244 g/mol. The third kappa shape index (κ3) is 3.69. The van der Waals surface area contributed by atoms with E-state index in [1.54, 1.807) is 4.90 Å². The van der Waals surface area contributed by atoms with Crippen LogP contribution in [0.15, 0.2) is 0 Å². The van der Waals surface area contributed by atoms with E-state index in [1.807, 2.05) is 20.9 Å². The van der Waals surface area contributed by atoms with Gasteiger partial charge in [0.2, 0.25) is 5.91 Å². The van der Waals surface area contributed by atoms with Crippen molar-refractivity contribution < 1.29 is 14.7 Å². The average Bonchev–Trinajstić information content (AvgIpc) is 2.26. The summed E-state index contributed by atoms with van der Waals surface area (Å²) in [4.78, 5) is 27.3. The highest BCUT2D eigenvalue weighted by atomic mass is 16.4. The maximum absolute atomic E-state index is 12.1. The van der Waals surface area contributed by atoms with Crippen molar-refractivity contribution in [2.45, 2.75) is 46.2 Å². The second kappa shape index (κ2) is 6.37. The Balaban J connectivity index is 2.70. The zero-order valence-corrected chi connectivity index (χ0v) is 12.6. The van der Waals surface area contributed by atoms with Crippen LogP contribution in [0.3, 0.4) is 0 Å². The van der Waals surface area contributed by atoms with Crippen molar-refractivity contribution in [3.8, 4) is 0 Å². The monoisotopic (exact) mass is 270 g/mol. The number of likely N-dealkylation sites (N-methyl/N-ethyl adjacent to an activating group) is 1. The Morgan fingerprint density at radius 2 is 2.05 bits per heavy atom. The number of amides is 1. The average molecular weight is 270 g/mol. The molecule has 0 saturated carbocycles. The van der Waals surface area contributed by atoms with Crippen LogP contribution < -0.4 is 0 Å². The van der Waals surface area contributed by atoms with Gasteiger partial charge >= 0.3 is 5.97 Å². The summed E-state index contributed by atoms with van der Waals surface area (Å²) < 4.78 is 0. The zero-order valence-electron chi connectivity index (χ0n) is 12.6. The van der Waals surface area contributed by atoms with E-state index < -0.39 is 11.9 Å². The van der Waals surface area contributed by atoms with E-state index in [-0.39, 0.29) is 17.9 Å². The molecule has 0 bridgehead atoms. The molecule has 3 unspecified atom stereocenters. The molecule has 1 aliphatic heterocycles. The number of carbonyl (C=O) groups excluding carboxylic acids is 1. The molecule has 1 aliphatic rings. The van der Waals surface area contributed by atoms with Crippen molar-refractivity contribution in [3.63, 3.8) is 0 Å². The number of rotatable bonds is 5. The van der Waals surface area contributed by atoms with Crippen molar-refractivity contribution in [2.24, 2.45) is 11.8 Å². The van der Waals surface area contributed by atoms with E-state index in [1.165, 1.54) is 0 Å². The number of carboxylic acid groups (broad SMARTS) is 1. The van der Waals surface area contributed by atoms with Crippen LogP contribution in [-0.4, -0.2) is 59.0 Å². The lowest BCUT2D eigenvalue weighted by molar-refractivity contribution is -0.154. The van der Waals surface area contributed by atoms with Gasteiger partial charge in [0.05, 0.1) is 5.92 Å². The van der Waals surface area contributed by atoms with Gasteiger partial charge in [0.25, 0.3) is 0 Å². The first-order chi connectivity index (χ1) is 8.75. The number of hydrogen-bond acceptors (Lipinski definition) is 3. The summed E-state index contributed by atoms with van der Waals surface area (Å²) in [7, 11) is 2.01. The SMILES string of the molecule is CC1CC(=O)N(CCN(C)C(C)C)C(C)C1C(=O)O. The van der Waals surface area contributed by atoms with Crippen LogP contribution in [0.25, 0.3) is 0 Å². The molecule has 110 valence electrons. The number of carboxylic acids is 1. The van der Waals surface area contributed by atoms with Crippen molar-refractivity contribution >= 4 is 11.9 Å². The maximum atomic E-state index is 12.1. The fourth-order valence-electron chi connectivity index (χ4n) is 2.72. The molecule has 19 heavy (non-hydrogen) atoms. The summed E-state index contributed by atoms with van der Waals surface area (Å²) in [5.74, 6) is -1.26. The Hall–Kier alpha value is -1.10. The molecule has 3 atom stereocenters. The van der Waals surface area contributed by atoms with Gasteiger partial charge in [-0.3, -0.25) is 9.59 Å². The van der Waals surface area contributed by atoms with Gasteiger partial charge in [0.15, 0.2) is 0 Å². The molecule has 1 amide bonds. The van der Waals surface area contributed by atoms with Crippen molar-refractivity contribution in [3.05, 3.63) is 0 Å². The lowest BCUT2D eigenvalue weighted by Crippen LogP contribution is -2.54. The Kier molecular flexibility index (Phi) is 5.35. The Bertz CT molecular complexity index is 344. The van der Waals surface area contributed by atoms with E-state index >= 15 is 0 Å². The van der Waals surface area contributed by atoms with E-state index in [0.29, 0.717) is 19.0 Å². The minimum Gasteiger partial charge on any atom is -0.481 e. The molecule has 0 radical (unpaired) electrons. The fraction of sp³-hybridized carbons (Fsp3) is 0.857. The van der Waals surface area contributed by atoms with Gasteiger partial charge in [-0.2, -0.15) is 0 Å². The topological polar surface area (TPSA) is 60.9 Å². The van der Waals surface area contributed by atoms with Crippen LogP contribution in [0.2, 0.25) is 0 Å². The van der Waals surface area contributed by atoms with Crippen LogP contribution in [0, 0.1) is 11.8 Å². The number of nitrogens with zero attached hydrogens (tertiary/aromatic N) is 2. The smallest absolute Gasteiger partial charge is 0.308 e. The molecule has 0 spiro atoms. The van der Waals surface area contributed by atoms with Crippen LogP contribution in [0.1, 0.15) is 34.1 Å². The van der Waals surface area contributed by atoms with Gasteiger partial charge in [0, 0.05) is 31.6 Å². The highest BCUT2D eigenvalue weighted by Crippen LogP contribution is 2.29. The zero-order chi connectivity index (χ0) is 14.7. The van der Waals surface area contributed by atoms with Crippen LogP contribution in [-0.2, 0) is 9.59 Å². The van der Waals surface area contributed by atoms with E-state index in [9.17, 15) is 14.7 Å². The molecule has 0 aromatic carbocycles. The number of carbonyl (C=O) groups is 2. The Morgan fingerprint density at radius 3 is 2.53 bits per heavy atom. The minimum absolute atomic E-state index is 0.0784. The Labute approximate surface area is 115 Å². The molecule has 5 heteroatoms. The van der Waals surface area contributed by atoms with Gasteiger partial charge in [-0.05, 0) is 33.7 Å². The van der Waals surface area contributed by atoms with Crippen molar-refractivity contribution in [2.75, 3.05) is 20.1 Å². The van der Waals surface area contributed by atoms with Crippen molar-refractivity contribution in [1.82, 2.24) is 9.80 Å². The van der Waals surface area contributed by atoms with Gasteiger partial charge < -0.3 is 14.9 Å². The number of hydrogen-bond donors (Lipinski definition) is 1. The largest absolute Gasteiger partial charge is 0.481 e. The number of likely N-dealkylation sites (tertiary alicyclic amines) is 1. The molecule has 1 fully saturated rings. The van der Waals surface area contributed by atoms with Gasteiger partial charge in [0.1, 0.15) is 0 Å². The lowest BCUT2D eigenvalue weighted by atomic mass is 9.81. The van der Waals surface area contributed by atoms with E-state index in [0.717, 1.165) is 6.54 Å². The van der Waals surface area contributed by atoms with E-state index in [2.05, 4.69) is 18.7 Å². The normalized spacial score (nSPS) is 28.3. The first kappa shape index (κ1) is 16.0. The van der Waals surface area contributed by atoms with Gasteiger partial charge in [-0.25, -0.2) is 0 Å². The second-order valence-corrected chi connectivity index (χ2v) is 5.95. The lowest BCUT2D eigenvalue weighted by Gasteiger charge is -2.41. The first-order valence-electron chi connectivity index (χ1n) is 6.98. The second-order valence-electron chi connectivity index (χ2n) is 5.95. The fourth-order valence-corrected chi connectivity index (χ4v) is 2.72. The minimum atomic E-state index is -0.797. The maximum Gasteiger partial charge on any atom is 0.308 e. The third-order valence-electron chi connectivity index (χ3n) is 4.30. The van der Waals surface area contributed by atoms with Crippen LogP contribution >= 0.6 is 0 Å². The summed E-state index contributed by atoms with van der Waals surface area (Å²) in [6, 6.07) is 0.193. The van der Waals surface area contributed by atoms with E-state index in [4.69, 9.17) is 0 Å². The van der Waals surface area contributed by atoms with Crippen molar-refractivity contribution in [1.29, 1.82) is 0 Å². The molecule has 1 heterocycles. The van der Waals surface area contributed by atoms with Crippen LogP contribution in [0.4, 0.5) is 0 Å². The molecule has 0 aliphatic carbocycles. The number of aliphatic carboxylic acids is 1. The quantitative estimate of drug-likeness (QED) is 0.817. The van der Waals surface area contributed by atoms with Gasteiger partial charge in [-0.15, -0.1) is 0 Å². The molecule has 5 nitrogen and oxygen atoms in total. The summed E-state index contributed by atoms with van der Waals surface area (Å²) in [6.45, 7) is 9.28. The molecule has 1 rings (SSSR count). The summed E-state index contributed by atoms with van der Waals surface area (Å²) in [6.07, 6.45) is 0.340. The summed E-state index contributed by atoms with van der Waals surface area (Å²) in [5.41, 5.74) is 0. The molecule has 0 aromatic heterocycles. The summed E-state index contributed by atoms with van der Waals surface area (Å²) in [5, 5.41) is 9.30. The molecule has 1 N–H and O–H groups in total. The predicted octanol–water partition coefficient (Wildman–Crippen LogP) is 1.28. The first-order valence-corrected chi connectivity index (χ1v) is 6.98. The third-order valence-corrected chi connectivity index (χ3v) is 4.30. The van der Waals surface area contributed by atoms with Gasteiger partial charge in [-0.1, -0.05) is 6.92 Å². The highest BCUT2D eigenvalue weighted by molar-refractivity contribution is 5.81. The molecular formula is C14H26N2O3. The Morgan fingerprint density at radius 1 is 1.47 bits per heavy atom. The molecule has 0 aromatic rings.